The molecule has 1 saturated heterocycles. The van der Waals surface area contributed by atoms with Gasteiger partial charge in [-0.1, -0.05) is 30.3 Å². The van der Waals surface area contributed by atoms with Gasteiger partial charge in [-0.15, -0.1) is 0 Å². The van der Waals surface area contributed by atoms with Crippen LogP contribution in [0.4, 0.5) is 18.0 Å². The van der Waals surface area contributed by atoms with Crippen LogP contribution in [0.15, 0.2) is 30.3 Å². The van der Waals surface area contributed by atoms with Crippen molar-refractivity contribution in [2.24, 2.45) is 0 Å². The quantitative estimate of drug-likeness (QED) is 0.856. The molecule has 0 aromatic heterocycles. The van der Waals surface area contributed by atoms with Gasteiger partial charge in [0.15, 0.2) is 5.54 Å². The van der Waals surface area contributed by atoms with E-state index in [1.165, 1.54) is 0 Å². The Morgan fingerprint density at radius 1 is 1.26 bits per heavy atom. The maximum absolute atomic E-state index is 12.2. The monoisotopic (exact) mass is 332 g/mol. The fourth-order valence-electron chi connectivity index (χ4n) is 2.14. The van der Waals surface area contributed by atoms with Crippen LogP contribution < -0.4 is 5.32 Å². The lowest BCUT2D eigenvalue weighted by Gasteiger charge is -2.46. The molecule has 2 rings (SSSR count). The number of carboxylic acid groups (broad SMARTS) is 1. The van der Waals surface area contributed by atoms with Crippen molar-refractivity contribution in [2.45, 2.75) is 18.3 Å². The number of hydrogen-bond acceptors (Lipinski definition) is 4. The van der Waals surface area contributed by atoms with Crippen LogP contribution >= 0.6 is 0 Å². The van der Waals surface area contributed by atoms with Crippen molar-refractivity contribution in [3.63, 3.8) is 0 Å². The number of hydrogen-bond donors (Lipinski definition) is 2. The zero-order valence-electron chi connectivity index (χ0n) is 12.0. The van der Waals surface area contributed by atoms with Gasteiger partial charge in [-0.3, -0.25) is 10.1 Å². The van der Waals surface area contributed by atoms with Crippen LogP contribution in [0.1, 0.15) is 5.56 Å². The minimum atomic E-state index is -4.53. The van der Waals surface area contributed by atoms with Gasteiger partial charge in [0.25, 0.3) is 0 Å². The van der Waals surface area contributed by atoms with Gasteiger partial charge in [0.2, 0.25) is 0 Å². The predicted octanol–water partition coefficient (Wildman–Crippen LogP) is 1.61. The molecule has 0 unspecified atom stereocenters. The second-order valence-electron chi connectivity index (χ2n) is 5.25. The molecule has 0 bridgehead atoms. The lowest BCUT2D eigenvalue weighted by Crippen LogP contribution is -2.74. The van der Waals surface area contributed by atoms with Crippen LogP contribution in [-0.4, -0.2) is 53.4 Å². The maximum Gasteiger partial charge on any atom is 0.410 e. The fraction of sp³-hybridized carbons (Fsp3) is 0.429. The molecule has 126 valence electrons. The van der Waals surface area contributed by atoms with E-state index >= 15 is 0 Å². The molecule has 1 fully saturated rings. The first-order valence-corrected chi connectivity index (χ1v) is 6.73. The zero-order valence-corrected chi connectivity index (χ0v) is 12.0. The molecule has 0 radical (unpaired) electrons. The summed E-state index contributed by atoms with van der Waals surface area (Å²) in [5.41, 5.74) is -1.04. The van der Waals surface area contributed by atoms with Crippen molar-refractivity contribution in [1.29, 1.82) is 0 Å². The van der Waals surface area contributed by atoms with Crippen LogP contribution in [-0.2, 0) is 16.1 Å². The summed E-state index contributed by atoms with van der Waals surface area (Å²) in [7, 11) is 0. The smallest absolute Gasteiger partial charge is 0.410 e. The molecule has 6 nitrogen and oxygen atoms in total. The number of amides is 1. The molecule has 9 heteroatoms. The SMILES string of the molecule is O=C(OCc1ccccc1)N1CC(NCC(F)(F)F)(C(=O)O)C1. The Balaban J connectivity index is 1.85. The van der Waals surface area contributed by atoms with Gasteiger partial charge in [-0.05, 0) is 5.56 Å². The van der Waals surface area contributed by atoms with E-state index in [1.807, 2.05) is 5.32 Å². The third kappa shape index (κ3) is 4.35. The van der Waals surface area contributed by atoms with Crippen LogP contribution in [0.5, 0.6) is 0 Å². The summed E-state index contributed by atoms with van der Waals surface area (Å²) < 4.78 is 41.6. The molecule has 1 heterocycles. The number of ether oxygens (including phenoxy) is 1. The van der Waals surface area contributed by atoms with Crippen molar-refractivity contribution < 1.29 is 32.6 Å². The Kier molecular flexibility index (Phi) is 4.79. The number of carbonyl (C=O) groups is 2. The van der Waals surface area contributed by atoms with E-state index in [1.54, 1.807) is 30.3 Å². The van der Waals surface area contributed by atoms with Crippen molar-refractivity contribution in [3.8, 4) is 0 Å². The molecule has 1 aliphatic heterocycles. The molecule has 0 atom stereocenters. The average Bonchev–Trinajstić information content (AvgIpc) is 2.43. The molecule has 1 aliphatic rings. The highest BCUT2D eigenvalue weighted by Crippen LogP contribution is 2.24. The number of alkyl halides is 3. The summed E-state index contributed by atoms with van der Waals surface area (Å²) in [6.45, 7) is -2.20. The van der Waals surface area contributed by atoms with Crippen molar-refractivity contribution in [1.82, 2.24) is 10.2 Å². The van der Waals surface area contributed by atoms with Gasteiger partial charge < -0.3 is 14.7 Å². The van der Waals surface area contributed by atoms with E-state index in [4.69, 9.17) is 9.84 Å². The topological polar surface area (TPSA) is 78.9 Å². The van der Waals surface area contributed by atoms with Crippen LogP contribution in [0.3, 0.4) is 0 Å². The molecule has 1 amide bonds. The molecular weight excluding hydrogens is 317 g/mol. The van der Waals surface area contributed by atoms with E-state index in [0.29, 0.717) is 0 Å². The Morgan fingerprint density at radius 2 is 1.87 bits per heavy atom. The van der Waals surface area contributed by atoms with Crippen molar-refractivity contribution in [3.05, 3.63) is 35.9 Å². The highest BCUT2D eigenvalue weighted by molar-refractivity contribution is 5.84. The molecule has 1 aromatic carbocycles. The number of carbonyl (C=O) groups excluding carboxylic acids is 1. The third-order valence-corrected chi connectivity index (χ3v) is 3.42. The fourth-order valence-corrected chi connectivity index (χ4v) is 2.14. The second kappa shape index (κ2) is 6.45. The minimum absolute atomic E-state index is 0.00618. The zero-order chi connectivity index (χ0) is 17.1. The summed E-state index contributed by atoms with van der Waals surface area (Å²) >= 11 is 0. The summed E-state index contributed by atoms with van der Waals surface area (Å²) in [5.74, 6) is -1.44. The Labute approximate surface area is 129 Å². The number of carboxylic acids is 1. The first-order chi connectivity index (χ1) is 10.7. The van der Waals surface area contributed by atoms with Crippen LogP contribution in [0.2, 0.25) is 0 Å². The highest BCUT2D eigenvalue weighted by Gasteiger charge is 2.53. The predicted molar refractivity (Wildman–Crippen MR) is 72.6 cm³/mol. The molecule has 1 aromatic rings. The van der Waals surface area contributed by atoms with E-state index in [9.17, 15) is 22.8 Å². The summed E-state index contributed by atoms with van der Waals surface area (Å²) in [6, 6.07) is 8.83. The molecule has 2 N–H and O–H groups in total. The largest absolute Gasteiger partial charge is 0.480 e. The standard InChI is InChI=1S/C14H15F3N2O4/c15-14(16,17)7-18-13(11(20)21)8-19(9-13)12(22)23-6-10-4-2-1-3-5-10/h1-5,18H,6-9H2,(H,20,21). The van der Waals surface area contributed by atoms with Gasteiger partial charge in [-0.2, -0.15) is 13.2 Å². The average molecular weight is 332 g/mol. The van der Waals surface area contributed by atoms with Crippen LogP contribution in [0.25, 0.3) is 0 Å². The van der Waals surface area contributed by atoms with Gasteiger partial charge in [0, 0.05) is 0 Å². The van der Waals surface area contributed by atoms with E-state index in [2.05, 4.69) is 0 Å². The maximum atomic E-state index is 12.2. The molecular formula is C14H15F3N2O4. The number of benzene rings is 1. The number of likely N-dealkylation sites (tertiary alicyclic amines) is 1. The van der Waals surface area contributed by atoms with Gasteiger partial charge >= 0.3 is 18.2 Å². The number of nitrogens with one attached hydrogen (secondary N) is 1. The number of halogens is 3. The summed E-state index contributed by atoms with van der Waals surface area (Å²) in [6.07, 6.45) is -5.30. The first-order valence-electron chi connectivity index (χ1n) is 6.73. The lowest BCUT2D eigenvalue weighted by atomic mass is 9.90. The molecule has 23 heavy (non-hydrogen) atoms. The normalized spacial score (nSPS) is 16.6. The number of nitrogens with zero attached hydrogens (tertiary/aromatic N) is 1. The molecule has 0 aliphatic carbocycles. The second-order valence-corrected chi connectivity index (χ2v) is 5.25. The Morgan fingerprint density at radius 3 is 2.39 bits per heavy atom. The molecule has 0 saturated carbocycles. The highest BCUT2D eigenvalue weighted by atomic mass is 19.4. The third-order valence-electron chi connectivity index (χ3n) is 3.42. The van der Waals surface area contributed by atoms with Gasteiger partial charge in [-0.25, -0.2) is 4.79 Å². The Bertz CT molecular complexity index is 571. The number of rotatable bonds is 5. The van der Waals surface area contributed by atoms with Gasteiger partial charge in [0.05, 0.1) is 19.6 Å². The van der Waals surface area contributed by atoms with Crippen molar-refractivity contribution >= 4 is 12.1 Å². The summed E-state index contributed by atoms with van der Waals surface area (Å²) in [4.78, 5) is 24.0. The number of aliphatic carboxylic acids is 1. The molecule has 0 spiro atoms. The van der Waals surface area contributed by atoms with E-state index in [0.717, 1.165) is 10.5 Å². The first kappa shape index (κ1) is 17.1. The van der Waals surface area contributed by atoms with E-state index < -0.39 is 30.3 Å². The summed E-state index contributed by atoms with van der Waals surface area (Å²) in [5, 5.41) is 11.0. The van der Waals surface area contributed by atoms with Crippen LogP contribution in [0, 0.1) is 0 Å². The lowest BCUT2D eigenvalue weighted by molar-refractivity contribution is -0.158. The van der Waals surface area contributed by atoms with E-state index in [-0.39, 0.29) is 19.7 Å². The van der Waals surface area contributed by atoms with Gasteiger partial charge in [0.1, 0.15) is 6.61 Å². The Hall–Kier alpha value is -2.29. The minimum Gasteiger partial charge on any atom is -0.480 e. The van der Waals surface area contributed by atoms with Crippen molar-refractivity contribution in [2.75, 3.05) is 19.6 Å².